The molecule has 0 unspecified atom stereocenters. The lowest BCUT2D eigenvalue weighted by Crippen LogP contribution is -1.98. The van der Waals surface area contributed by atoms with Gasteiger partial charge in [0.1, 0.15) is 17.3 Å². The topological polar surface area (TPSA) is 56.3 Å². The van der Waals surface area contributed by atoms with Crippen molar-refractivity contribution in [1.82, 2.24) is 9.97 Å². The summed E-state index contributed by atoms with van der Waals surface area (Å²) in [6, 6.07) is 7.17. The number of anilines is 2. The highest BCUT2D eigenvalue weighted by molar-refractivity contribution is 6.28. The van der Waals surface area contributed by atoms with Crippen molar-refractivity contribution in [2.75, 3.05) is 19.5 Å². The molecule has 0 atom stereocenters. The summed E-state index contributed by atoms with van der Waals surface area (Å²) in [4.78, 5) is 7.86. The maximum Gasteiger partial charge on any atom is 0.224 e. The van der Waals surface area contributed by atoms with Crippen molar-refractivity contribution in [3.63, 3.8) is 0 Å². The highest BCUT2D eigenvalue weighted by Crippen LogP contribution is 2.30. The second kappa shape index (κ2) is 5.55. The summed E-state index contributed by atoms with van der Waals surface area (Å²) in [6.45, 7) is 0. The van der Waals surface area contributed by atoms with E-state index in [2.05, 4.69) is 15.3 Å². The summed E-state index contributed by atoms with van der Waals surface area (Å²) in [5.74, 6) is 1.97. The Kier molecular flexibility index (Phi) is 3.84. The molecule has 0 spiro atoms. The SMILES string of the molecule is COc1ccc(Nc2ccnc(Cl)n2)c(OC)c1. The summed E-state index contributed by atoms with van der Waals surface area (Å²) in [5.41, 5.74) is 0.771. The van der Waals surface area contributed by atoms with Gasteiger partial charge < -0.3 is 14.8 Å². The number of rotatable bonds is 4. The highest BCUT2D eigenvalue weighted by atomic mass is 35.5. The van der Waals surface area contributed by atoms with Gasteiger partial charge in [0.15, 0.2) is 0 Å². The summed E-state index contributed by atoms with van der Waals surface area (Å²) in [5, 5.41) is 3.29. The first kappa shape index (κ1) is 12.4. The van der Waals surface area contributed by atoms with Crippen molar-refractivity contribution >= 4 is 23.1 Å². The molecule has 0 amide bonds. The molecule has 1 aromatic carbocycles. The van der Waals surface area contributed by atoms with Gasteiger partial charge in [-0.25, -0.2) is 9.97 Å². The van der Waals surface area contributed by atoms with Gasteiger partial charge in [-0.1, -0.05) is 0 Å². The predicted octanol–water partition coefficient (Wildman–Crippen LogP) is 2.89. The first-order valence-corrected chi connectivity index (χ1v) is 5.58. The van der Waals surface area contributed by atoms with Crippen LogP contribution in [0.1, 0.15) is 0 Å². The molecule has 0 radical (unpaired) electrons. The van der Waals surface area contributed by atoms with Gasteiger partial charge >= 0.3 is 0 Å². The van der Waals surface area contributed by atoms with Crippen LogP contribution in [-0.2, 0) is 0 Å². The van der Waals surface area contributed by atoms with Gasteiger partial charge in [-0.2, -0.15) is 0 Å². The Morgan fingerprint density at radius 2 is 2.00 bits per heavy atom. The van der Waals surface area contributed by atoms with Gasteiger partial charge in [0, 0.05) is 12.3 Å². The maximum atomic E-state index is 5.72. The quantitative estimate of drug-likeness (QED) is 0.862. The summed E-state index contributed by atoms with van der Waals surface area (Å²) >= 11 is 5.72. The number of benzene rings is 1. The van der Waals surface area contributed by atoms with E-state index in [9.17, 15) is 0 Å². The molecular formula is C12H12ClN3O2. The zero-order valence-corrected chi connectivity index (χ0v) is 10.7. The van der Waals surface area contributed by atoms with Crippen LogP contribution in [0.4, 0.5) is 11.5 Å². The molecule has 0 saturated heterocycles. The normalized spacial score (nSPS) is 9.94. The van der Waals surface area contributed by atoms with Crippen LogP contribution >= 0.6 is 11.6 Å². The third-order valence-corrected chi connectivity index (χ3v) is 2.48. The lowest BCUT2D eigenvalue weighted by molar-refractivity contribution is 0.395. The Balaban J connectivity index is 2.28. The van der Waals surface area contributed by atoms with E-state index in [0.717, 1.165) is 11.4 Å². The van der Waals surface area contributed by atoms with E-state index in [-0.39, 0.29) is 5.28 Å². The number of methoxy groups -OCH3 is 2. The molecular weight excluding hydrogens is 254 g/mol. The van der Waals surface area contributed by atoms with Crippen molar-refractivity contribution < 1.29 is 9.47 Å². The Bertz CT molecular complexity index is 549. The average molecular weight is 266 g/mol. The van der Waals surface area contributed by atoms with E-state index in [1.54, 1.807) is 32.5 Å². The van der Waals surface area contributed by atoms with Crippen LogP contribution in [0.15, 0.2) is 30.5 Å². The number of nitrogens with zero attached hydrogens (tertiary/aromatic N) is 2. The largest absolute Gasteiger partial charge is 0.497 e. The first-order valence-electron chi connectivity index (χ1n) is 5.20. The fourth-order valence-corrected chi connectivity index (χ4v) is 1.59. The minimum atomic E-state index is 0.187. The molecule has 1 aromatic heterocycles. The van der Waals surface area contributed by atoms with Gasteiger partial charge in [0.05, 0.1) is 19.9 Å². The Labute approximate surface area is 110 Å². The molecule has 6 heteroatoms. The van der Waals surface area contributed by atoms with Crippen LogP contribution in [0.25, 0.3) is 0 Å². The number of hydrogen-bond donors (Lipinski definition) is 1. The molecule has 94 valence electrons. The number of nitrogens with one attached hydrogen (secondary N) is 1. The third kappa shape index (κ3) is 2.81. The molecule has 0 aliphatic rings. The predicted molar refractivity (Wildman–Crippen MR) is 69.9 cm³/mol. The first-order chi connectivity index (χ1) is 8.72. The van der Waals surface area contributed by atoms with Gasteiger partial charge in [0.2, 0.25) is 5.28 Å². The number of halogens is 1. The Morgan fingerprint density at radius 3 is 2.67 bits per heavy atom. The van der Waals surface area contributed by atoms with Crippen molar-refractivity contribution in [3.8, 4) is 11.5 Å². The molecule has 0 aliphatic carbocycles. The number of hydrogen-bond acceptors (Lipinski definition) is 5. The number of ether oxygens (including phenoxy) is 2. The molecule has 1 heterocycles. The van der Waals surface area contributed by atoms with Crippen molar-refractivity contribution in [1.29, 1.82) is 0 Å². The van der Waals surface area contributed by atoms with Crippen LogP contribution in [-0.4, -0.2) is 24.2 Å². The van der Waals surface area contributed by atoms with E-state index in [0.29, 0.717) is 11.6 Å². The summed E-state index contributed by atoms with van der Waals surface area (Å²) in [7, 11) is 3.19. The van der Waals surface area contributed by atoms with Crippen molar-refractivity contribution in [3.05, 3.63) is 35.7 Å². The maximum absolute atomic E-state index is 5.72. The van der Waals surface area contributed by atoms with Crippen LogP contribution < -0.4 is 14.8 Å². The Hall–Kier alpha value is -2.01. The summed E-state index contributed by atoms with van der Waals surface area (Å²) < 4.78 is 10.4. The average Bonchev–Trinajstić information content (AvgIpc) is 2.39. The molecule has 0 bridgehead atoms. The summed E-state index contributed by atoms with van der Waals surface area (Å²) in [6.07, 6.45) is 1.58. The van der Waals surface area contributed by atoms with Crippen LogP contribution in [0.3, 0.4) is 0 Å². The van der Waals surface area contributed by atoms with E-state index < -0.39 is 0 Å². The molecule has 2 rings (SSSR count). The van der Waals surface area contributed by atoms with Gasteiger partial charge in [0.25, 0.3) is 0 Å². The second-order valence-electron chi connectivity index (χ2n) is 3.40. The minimum absolute atomic E-state index is 0.187. The zero-order chi connectivity index (χ0) is 13.0. The smallest absolute Gasteiger partial charge is 0.224 e. The van der Waals surface area contributed by atoms with Crippen molar-refractivity contribution in [2.45, 2.75) is 0 Å². The zero-order valence-electron chi connectivity index (χ0n) is 9.98. The molecule has 0 fully saturated rings. The lowest BCUT2D eigenvalue weighted by Gasteiger charge is -2.11. The molecule has 5 nitrogen and oxygen atoms in total. The monoisotopic (exact) mass is 265 g/mol. The van der Waals surface area contributed by atoms with Gasteiger partial charge in [-0.05, 0) is 29.8 Å². The van der Waals surface area contributed by atoms with E-state index in [1.165, 1.54) is 0 Å². The van der Waals surface area contributed by atoms with Crippen molar-refractivity contribution in [2.24, 2.45) is 0 Å². The lowest BCUT2D eigenvalue weighted by atomic mass is 10.2. The molecule has 0 aliphatic heterocycles. The van der Waals surface area contributed by atoms with Crippen LogP contribution in [0, 0.1) is 0 Å². The molecule has 1 N–H and O–H groups in total. The van der Waals surface area contributed by atoms with Crippen LogP contribution in [0.5, 0.6) is 11.5 Å². The standard InChI is InChI=1S/C12H12ClN3O2/c1-17-8-3-4-9(10(7-8)18-2)15-11-5-6-14-12(13)16-11/h3-7H,1-2H3,(H,14,15,16). The highest BCUT2D eigenvalue weighted by Gasteiger charge is 2.06. The minimum Gasteiger partial charge on any atom is -0.497 e. The van der Waals surface area contributed by atoms with E-state index in [1.807, 2.05) is 12.1 Å². The fraction of sp³-hybridized carbons (Fsp3) is 0.167. The molecule has 2 aromatic rings. The molecule has 0 saturated carbocycles. The third-order valence-electron chi connectivity index (χ3n) is 2.30. The van der Waals surface area contributed by atoms with E-state index >= 15 is 0 Å². The van der Waals surface area contributed by atoms with Crippen LogP contribution in [0.2, 0.25) is 5.28 Å². The number of aromatic nitrogens is 2. The molecule has 18 heavy (non-hydrogen) atoms. The van der Waals surface area contributed by atoms with Gasteiger partial charge in [-0.3, -0.25) is 0 Å². The van der Waals surface area contributed by atoms with Gasteiger partial charge in [-0.15, -0.1) is 0 Å². The fourth-order valence-electron chi connectivity index (χ4n) is 1.44. The second-order valence-corrected chi connectivity index (χ2v) is 3.74. The van der Waals surface area contributed by atoms with E-state index in [4.69, 9.17) is 21.1 Å². The Morgan fingerprint density at radius 1 is 1.17 bits per heavy atom.